The van der Waals surface area contributed by atoms with E-state index in [4.69, 9.17) is 16.6 Å². The summed E-state index contributed by atoms with van der Waals surface area (Å²) in [6.07, 6.45) is 2.86. The third kappa shape index (κ3) is 2.92. The van der Waals surface area contributed by atoms with Gasteiger partial charge in [0.05, 0.1) is 5.69 Å². The summed E-state index contributed by atoms with van der Waals surface area (Å²) in [7, 11) is 0. The Hall–Kier alpha value is -2.39. The van der Waals surface area contributed by atoms with Gasteiger partial charge in [-0.1, -0.05) is 48.0 Å². The van der Waals surface area contributed by atoms with Gasteiger partial charge >= 0.3 is 0 Å². The fraction of sp³-hybridized carbons (Fsp3) is 0.158. The lowest BCUT2D eigenvalue weighted by Gasteiger charge is -2.28. The lowest BCUT2D eigenvalue weighted by Crippen LogP contribution is -2.31. The number of anilines is 1. The minimum absolute atomic E-state index is 0.732. The molecule has 0 fully saturated rings. The smallest absolute Gasteiger partial charge is 0.226 e. The Morgan fingerprint density at radius 1 is 0.913 bits per heavy atom. The zero-order valence-corrected chi connectivity index (χ0v) is 13.4. The van der Waals surface area contributed by atoms with Crippen LogP contribution in [0.2, 0.25) is 5.02 Å². The molecule has 2 heterocycles. The van der Waals surface area contributed by atoms with E-state index in [-0.39, 0.29) is 0 Å². The topological polar surface area (TPSA) is 29.0 Å². The maximum absolute atomic E-state index is 5.96. The van der Waals surface area contributed by atoms with Crippen LogP contribution in [0.3, 0.4) is 0 Å². The van der Waals surface area contributed by atoms with Crippen molar-refractivity contribution in [1.82, 2.24) is 9.97 Å². The molecule has 1 aliphatic rings. The molecule has 0 unspecified atom stereocenters. The van der Waals surface area contributed by atoms with Gasteiger partial charge in [0.15, 0.2) is 0 Å². The number of nitrogens with zero attached hydrogens (tertiary/aromatic N) is 3. The predicted octanol–water partition coefficient (Wildman–Crippen LogP) is 4.36. The highest BCUT2D eigenvalue weighted by atomic mass is 35.5. The standard InChI is InChI=1S/C19H16ClN3/c20-17-7-5-15(6-8-17)18-9-11-21-19(22-18)23-12-10-14-3-1-2-4-16(14)13-23/h1-9,11H,10,12-13H2. The highest BCUT2D eigenvalue weighted by molar-refractivity contribution is 6.30. The molecule has 0 aliphatic carbocycles. The number of hydrogen-bond donors (Lipinski definition) is 0. The van der Waals surface area contributed by atoms with Crippen LogP contribution in [0.15, 0.2) is 60.8 Å². The quantitative estimate of drug-likeness (QED) is 0.702. The summed E-state index contributed by atoms with van der Waals surface area (Å²) in [5.74, 6) is 0.784. The molecule has 23 heavy (non-hydrogen) atoms. The third-order valence-electron chi connectivity index (χ3n) is 4.20. The fourth-order valence-electron chi connectivity index (χ4n) is 2.95. The highest BCUT2D eigenvalue weighted by Gasteiger charge is 2.18. The van der Waals surface area contributed by atoms with Crippen LogP contribution in [-0.4, -0.2) is 16.5 Å². The number of rotatable bonds is 2. The van der Waals surface area contributed by atoms with E-state index < -0.39 is 0 Å². The normalized spacial score (nSPS) is 13.7. The van der Waals surface area contributed by atoms with Gasteiger partial charge in [-0.3, -0.25) is 0 Å². The number of halogens is 1. The molecule has 114 valence electrons. The van der Waals surface area contributed by atoms with Gasteiger partial charge in [-0.05, 0) is 35.7 Å². The van der Waals surface area contributed by atoms with Crippen LogP contribution in [0.25, 0.3) is 11.3 Å². The lowest BCUT2D eigenvalue weighted by molar-refractivity contribution is 0.708. The van der Waals surface area contributed by atoms with Crippen LogP contribution in [0.4, 0.5) is 5.95 Å². The summed E-state index contributed by atoms with van der Waals surface area (Å²) in [6, 6.07) is 18.3. The van der Waals surface area contributed by atoms with E-state index in [1.807, 2.05) is 36.5 Å². The second-order valence-corrected chi connectivity index (χ2v) is 6.13. The molecule has 4 rings (SSSR count). The molecular formula is C19H16ClN3. The summed E-state index contributed by atoms with van der Waals surface area (Å²) in [6.45, 7) is 1.81. The average Bonchev–Trinajstić information content (AvgIpc) is 2.62. The van der Waals surface area contributed by atoms with Gasteiger partial charge in [0, 0.05) is 29.9 Å². The van der Waals surface area contributed by atoms with Gasteiger partial charge in [0.2, 0.25) is 5.95 Å². The first-order valence-corrected chi connectivity index (χ1v) is 8.08. The summed E-state index contributed by atoms with van der Waals surface area (Å²) in [4.78, 5) is 11.4. The second-order valence-electron chi connectivity index (χ2n) is 5.69. The Balaban J connectivity index is 1.63. The van der Waals surface area contributed by atoms with Gasteiger partial charge in [0.25, 0.3) is 0 Å². The maximum Gasteiger partial charge on any atom is 0.226 e. The van der Waals surface area contributed by atoms with Crippen molar-refractivity contribution in [3.63, 3.8) is 0 Å². The number of fused-ring (bicyclic) bond motifs is 1. The van der Waals surface area contributed by atoms with Crippen LogP contribution >= 0.6 is 11.6 Å². The van der Waals surface area contributed by atoms with Crippen molar-refractivity contribution in [2.75, 3.05) is 11.4 Å². The van der Waals surface area contributed by atoms with Crippen molar-refractivity contribution in [3.8, 4) is 11.3 Å². The van der Waals surface area contributed by atoms with Crippen molar-refractivity contribution >= 4 is 17.5 Å². The van der Waals surface area contributed by atoms with E-state index in [2.05, 4.69) is 34.1 Å². The largest absolute Gasteiger partial charge is 0.336 e. The van der Waals surface area contributed by atoms with E-state index >= 15 is 0 Å². The predicted molar refractivity (Wildman–Crippen MR) is 93.7 cm³/mol. The van der Waals surface area contributed by atoms with Gasteiger partial charge in [-0.2, -0.15) is 0 Å². The SMILES string of the molecule is Clc1ccc(-c2ccnc(N3CCc4ccccc4C3)n2)cc1. The Labute approximate surface area is 140 Å². The van der Waals surface area contributed by atoms with Crippen LogP contribution < -0.4 is 4.90 Å². The molecule has 1 aromatic heterocycles. The number of aromatic nitrogens is 2. The first-order valence-electron chi connectivity index (χ1n) is 7.70. The lowest BCUT2D eigenvalue weighted by atomic mass is 10.0. The molecule has 0 spiro atoms. The molecule has 3 nitrogen and oxygen atoms in total. The second kappa shape index (κ2) is 6.01. The summed E-state index contributed by atoms with van der Waals surface area (Å²) in [5, 5.41) is 0.732. The van der Waals surface area contributed by atoms with E-state index in [0.717, 1.165) is 41.7 Å². The van der Waals surface area contributed by atoms with Gasteiger partial charge in [-0.15, -0.1) is 0 Å². The number of benzene rings is 2. The van der Waals surface area contributed by atoms with Crippen molar-refractivity contribution < 1.29 is 0 Å². The fourth-order valence-corrected chi connectivity index (χ4v) is 3.07. The molecule has 0 amide bonds. The van der Waals surface area contributed by atoms with Crippen LogP contribution in [0.5, 0.6) is 0 Å². The summed E-state index contributed by atoms with van der Waals surface area (Å²) < 4.78 is 0. The van der Waals surface area contributed by atoms with Gasteiger partial charge < -0.3 is 4.90 Å². The van der Waals surface area contributed by atoms with Gasteiger partial charge in [0.1, 0.15) is 0 Å². The average molecular weight is 322 g/mol. The molecule has 0 atom stereocenters. The molecule has 0 radical (unpaired) electrons. The first kappa shape index (κ1) is 14.2. The van der Waals surface area contributed by atoms with Crippen LogP contribution in [-0.2, 0) is 13.0 Å². The highest BCUT2D eigenvalue weighted by Crippen LogP contribution is 2.24. The van der Waals surface area contributed by atoms with Gasteiger partial charge in [-0.25, -0.2) is 9.97 Å². The zero-order chi connectivity index (χ0) is 15.6. The maximum atomic E-state index is 5.96. The summed E-state index contributed by atoms with van der Waals surface area (Å²) in [5.41, 5.74) is 4.76. The molecule has 1 aliphatic heterocycles. The molecule has 2 aromatic carbocycles. The Morgan fingerprint density at radius 2 is 1.70 bits per heavy atom. The molecule has 0 N–H and O–H groups in total. The molecule has 0 saturated heterocycles. The Morgan fingerprint density at radius 3 is 2.52 bits per heavy atom. The summed E-state index contributed by atoms with van der Waals surface area (Å²) >= 11 is 5.96. The van der Waals surface area contributed by atoms with E-state index in [0.29, 0.717) is 0 Å². The molecule has 0 saturated carbocycles. The van der Waals surface area contributed by atoms with E-state index in [1.54, 1.807) is 0 Å². The van der Waals surface area contributed by atoms with Crippen molar-refractivity contribution in [3.05, 3.63) is 76.9 Å². The third-order valence-corrected chi connectivity index (χ3v) is 4.45. The molecule has 3 aromatic rings. The first-order chi connectivity index (χ1) is 11.3. The Bertz CT molecular complexity index is 830. The molecular weight excluding hydrogens is 306 g/mol. The van der Waals surface area contributed by atoms with E-state index in [9.17, 15) is 0 Å². The molecule has 4 heteroatoms. The van der Waals surface area contributed by atoms with Crippen LogP contribution in [0, 0.1) is 0 Å². The van der Waals surface area contributed by atoms with Crippen molar-refractivity contribution in [2.45, 2.75) is 13.0 Å². The minimum Gasteiger partial charge on any atom is -0.336 e. The molecule has 0 bridgehead atoms. The van der Waals surface area contributed by atoms with Crippen molar-refractivity contribution in [1.29, 1.82) is 0 Å². The van der Waals surface area contributed by atoms with Crippen molar-refractivity contribution in [2.24, 2.45) is 0 Å². The van der Waals surface area contributed by atoms with E-state index in [1.165, 1.54) is 11.1 Å². The zero-order valence-electron chi connectivity index (χ0n) is 12.6. The Kier molecular flexibility index (Phi) is 3.72. The van der Waals surface area contributed by atoms with Crippen LogP contribution in [0.1, 0.15) is 11.1 Å². The minimum atomic E-state index is 0.732. The monoisotopic (exact) mass is 321 g/mol. The number of hydrogen-bond acceptors (Lipinski definition) is 3.